The third-order valence-electron chi connectivity index (χ3n) is 4.86. The molecule has 1 aliphatic rings. The van der Waals surface area contributed by atoms with E-state index in [2.05, 4.69) is 9.72 Å². The number of alkyl halides is 3. The first-order valence-corrected chi connectivity index (χ1v) is 9.68. The molecular weight excluding hydrogens is 431 g/mol. The van der Waals surface area contributed by atoms with E-state index >= 15 is 0 Å². The molecular formula is C21H22F3N3O5. The van der Waals surface area contributed by atoms with Gasteiger partial charge in [0.1, 0.15) is 11.5 Å². The van der Waals surface area contributed by atoms with E-state index in [9.17, 15) is 22.8 Å². The van der Waals surface area contributed by atoms with Crippen LogP contribution in [0.4, 0.5) is 13.2 Å². The number of carbonyl (C=O) groups is 2. The molecule has 0 radical (unpaired) electrons. The van der Waals surface area contributed by atoms with Gasteiger partial charge < -0.3 is 24.0 Å². The lowest BCUT2D eigenvalue weighted by Crippen LogP contribution is -2.50. The maximum absolute atomic E-state index is 12.9. The summed E-state index contributed by atoms with van der Waals surface area (Å²) in [6.07, 6.45) is -3.29. The second-order valence-electron chi connectivity index (χ2n) is 6.94. The Morgan fingerprint density at radius 2 is 1.62 bits per heavy atom. The fourth-order valence-electron chi connectivity index (χ4n) is 3.19. The summed E-state index contributed by atoms with van der Waals surface area (Å²) in [5.74, 6) is 0.199. The Morgan fingerprint density at radius 1 is 0.969 bits per heavy atom. The second-order valence-corrected chi connectivity index (χ2v) is 6.94. The van der Waals surface area contributed by atoms with Gasteiger partial charge in [0.05, 0.1) is 25.3 Å². The van der Waals surface area contributed by atoms with Crippen LogP contribution in [0.2, 0.25) is 0 Å². The van der Waals surface area contributed by atoms with Crippen LogP contribution < -0.4 is 14.2 Å². The van der Waals surface area contributed by atoms with Gasteiger partial charge in [-0.25, -0.2) is 4.98 Å². The number of hydrogen-bond acceptors (Lipinski definition) is 6. The van der Waals surface area contributed by atoms with E-state index in [-0.39, 0.29) is 23.3 Å². The average molecular weight is 453 g/mol. The van der Waals surface area contributed by atoms with E-state index in [4.69, 9.17) is 9.47 Å². The Kier molecular flexibility index (Phi) is 7.06. The SMILES string of the molecule is COc1ccc(C(=O)N2CCN(C(=O)c3ccc(OCC(F)(F)F)nc3)CC2)c(OC)c1. The molecule has 2 amide bonds. The molecule has 3 rings (SSSR count). The van der Waals surface area contributed by atoms with Crippen molar-refractivity contribution in [2.24, 2.45) is 0 Å². The molecule has 32 heavy (non-hydrogen) atoms. The predicted octanol–water partition coefficient (Wildman–Crippen LogP) is 2.64. The van der Waals surface area contributed by atoms with Crippen LogP contribution in [0.1, 0.15) is 20.7 Å². The Balaban J connectivity index is 1.58. The Morgan fingerprint density at radius 3 is 2.16 bits per heavy atom. The zero-order valence-corrected chi connectivity index (χ0v) is 17.5. The number of rotatable bonds is 6. The lowest BCUT2D eigenvalue weighted by molar-refractivity contribution is -0.154. The van der Waals surface area contributed by atoms with Crippen LogP contribution in [-0.4, -0.2) is 79.8 Å². The molecule has 172 valence electrons. The van der Waals surface area contributed by atoms with E-state index in [1.807, 2.05) is 0 Å². The highest BCUT2D eigenvalue weighted by Crippen LogP contribution is 2.26. The van der Waals surface area contributed by atoms with Crippen LogP contribution in [-0.2, 0) is 0 Å². The van der Waals surface area contributed by atoms with Crippen molar-refractivity contribution < 1.29 is 37.0 Å². The maximum Gasteiger partial charge on any atom is 0.422 e. The summed E-state index contributed by atoms with van der Waals surface area (Å²) in [5.41, 5.74) is 0.618. The van der Waals surface area contributed by atoms with Gasteiger partial charge in [0, 0.05) is 44.5 Å². The third kappa shape index (κ3) is 5.59. The summed E-state index contributed by atoms with van der Waals surface area (Å²) in [6, 6.07) is 7.51. The fraction of sp³-hybridized carbons (Fsp3) is 0.381. The van der Waals surface area contributed by atoms with Crippen molar-refractivity contribution in [1.82, 2.24) is 14.8 Å². The number of aromatic nitrogens is 1. The summed E-state index contributed by atoms with van der Waals surface area (Å²) >= 11 is 0. The van der Waals surface area contributed by atoms with Gasteiger partial charge in [0.15, 0.2) is 6.61 Å². The first-order chi connectivity index (χ1) is 15.2. The summed E-state index contributed by atoms with van der Waals surface area (Å²) in [7, 11) is 2.99. The highest BCUT2D eigenvalue weighted by molar-refractivity contribution is 5.98. The number of methoxy groups -OCH3 is 2. The molecule has 0 saturated carbocycles. The molecule has 0 unspecified atom stereocenters. The topological polar surface area (TPSA) is 81.2 Å². The first-order valence-electron chi connectivity index (χ1n) is 9.68. The summed E-state index contributed by atoms with van der Waals surface area (Å²) in [4.78, 5) is 32.5. The highest BCUT2D eigenvalue weighted by Gasteiger charge is 2.29. The fourth-order valence-corrected chi connectivity index (χ4v) is 3.19. The Labute approximate surface area is 182 Å². The molecule has 1 aromatic carbocycles. The average Bonchev–Trinajstić information content (AvgIpc) is 2.81. The van der Waals surface area contributed by atoms with Crippen molar-refractivity contribution in [1.29, 1.82) is 0 Å². The minimum Gasteiger partial charge on any atom is -0.497 e. The van der Waals surface area contributed by atoms with Crippen LogP contribution in [0.25, 0.3) is 0 Å². The second kappa shape index (κ2) is 9.75. The Bertz CT molecular complexity index is 958. The molecule has 2 aromatic rings. The van der Waals surface area contributed by atoms with Crippen molar-refractivity contribution >= 4 is 11.8 Å². The molecule has 1 saturated heterocycles. The summed E-state index contributed by atoms with van der Waals surface area (Å²) in [5, 5.41) is 0. The lowest BCUT2D eigenvalue weighted by atomic mass is 10.1. The van der Waals surface area contributed by atoms with E-state index < -0.39 is 12.8 Å². The third-order valence-corrected chi connectivity index (χ3v) is 4.86. The molecule has 0 spiro atoms. The largest absolute Gasteiger partial charge is 0.497 e. The molecule has 1 aromatic heterocycles. The van der Waals surface area contributed by atoms with Gasteiger partial charge in [0.25, 0.3) is 11.8 Å². The molecule has 8 nitrogen and oxygen atoms in total. The number of carbonyl (C=O) groups excluding carboxylic acids is 2. The molecule has 0 N–H and O–H groups in total. The zero-order valence-electron chi connectivity index (χ0n) is 17.5. The first kappa shape index (κ1) is 23.2. The van der Waals surface area contributed by atoms with E-state index in [0.29, 0.717) is 43.2 Å². The lowest BCUT2D eigenvalue weighted by Gasteiger charge is -2.35. The van der Waals surface area contributed by atoms with Gasteiger partial charge in [0.2, 0.25) is 5.88 Å². The number of halogens is 3. The standard InChI is InChI=1S/C21H22F3N3O5/c1-30-15-4-5-16(17(11-15)31-2)20(29)27-9-7-26(8-10-27)19(28)14-3-6-18(25-12-14)32-13-21(22,23)24/h3-6,11-12H,7-10,13H2,1-2H3. The molecule has 1 fully saturated rings. The van der Waals surface area contributed by atoms with Crippen LogP contribution in [0.15, 0.2) is 36.5 Å². The minimum absolute atomic E-state index is 0.218. The zero-order chi connectivity index (χ0) is 23.3. The van der Waals surface area contributed by atoms with Gasteiger partial charge >= 0.3 is 6.18 Å². The van der Waals surface area contributed by atoms with Gasteiger partial charge in [-0.15, -0.1) is 0 Å². The summed E-state index contributed by atoms with van der Waals surface area (Å²) in [6.45, 7) is -0.215. The molecule has 1 aliphatic heterocycles. The van der Waals surface area contributed by atoms with Crippen molar-refractivity contribution in [3.8, 4) is 17.4 Å². The number of amides is 2. The summed E-state index contributed by atoms with van der Waals surface area (Å²) < 4.78 is 51.6. The van der Waals surface area contributed by atoms with Gasteiger partial charge in [-0.2, -0.15) is 13.2 Å². The monoisotopic (exact) mass is 453 g/mol. The molecule has 2 heterocycles. The van der Waals surface area contributed by atoms with E-state index in [0.717, 1.165) is 0 Å². The normalized spacial score (nSPS) is 14.2. The smallest absolute Gasteiger partial charge is 0.422 e. The molecule has 0 aliphatic carbocycles. The number of nitrogens with zero attached hydrogens (tertiary/aromatic N) is 3. The van der Waals surface area contributed by atoms with Crippen LogP contribution in [0, 0.1) is 0 Å². The van der Waals surface area contributed by atoms with Crippen LogP contribution in [0.5, 0.6) is 17.4 Å². The highest BCUT2D eigenvalue weighted by atomic mass is 19.4. The van der Waals surface area contributed by atoms with Crippen molar-refractivity contribution in [2.45, 2.75) is 6.18 Å². The minimum atomic E-state index is -4.47. The van der Waals surface area contributed by atoms with Crippen LogP contribution >= 0.6 is 0 Å². The molecule has 0 bridgehead atoms. The Hall–Kier alpha value is -3.50. The number of pyridine rings is 1. The number of ether oxygens (including phenoxy) is 3. The van der Waals surface area contributed by atoms with E-state index in [1.165, 1.54) is 32.5 Å². The van der Waals surface area contributed by atoms with Gasteiger partial charge in [-0.3, -0.25) is 9.59 Å². The number of hydrogen-bond donors (Lipinski definition) is 0. The van der Waals surface area contributed by atoms with Crippen molar-refractivity contribution in [3.63, 3.8) is 0 Å². The van der Waals surface area contributed by atoms with Crippen molar-refractivity contribution in [3.05, 3.63) is 47.7 Å². The molecule has 11 heteroatoms. The predicted molar refractivity (Wildman–Crippen MR) is 107 cm³/mol. The van der Waals surface area contributed by atoms with Crippen molar-refractivity contribution in [2.75, 3.05) is 47.0 Å². The van der Waals surface area contributed by atoms with Gasteiger partial charge in [-0.05, 0) is 18.2 Å². The van der Waals surface area contributed by atoms with Gasteiger partial charge in [-0.1, -0.05) is 0 Å². The quantitative estimate of drug-likeness (QED) is 0.669. The maximum atomic E-state index is 12.9. The molecule has 0 atom stereocenters. The van der Waals surface area contributed by atoms with Crippen LogP contribution in [0.3, 0.4) is 0 Å². The van der Waals surface area contributed by atoms with E-state index in [1.54, 1.807) is 28.0 Å². The number of piperazine rings is 1. The number of benzene rings is 1.